The Morgan fingerprint density at radius 3 is 2.76 bits per heavy atom. The Labute approximate surface area is 145 Å². The Morgan fingerprint density at radius 2 is 2.00 bits per heavy atom. The van der Waals surface area contributed by atoms with Crippen LogP contribution in [0.4, 0.5) is 4.39 Å². The minimum absolute atomic E-state index is 0.159. The highest BCUT2D eigenvalue weighted by molar-refractivity contribution is 6.10. The Morgan fingerprint density at radius 1 is 1.24 bits per heavy atom. The highest BCUT2D eigenvalue weighted by Gasteiger charge is 2.21. The summed E-state index contributed by atoms with van der Waals surface area (Å²) >= 11 is 0. The van der Waals surface area contributed by atoms with E-state index >= 15 is 0 Å². The number of rotatable bonds is 3. The lowest BCUT2D eigenvalue weighted by Gasteiger charge is -2.30. The smallest absolute Gasteiger partial charge is 0.213 e. The van der Waals surface area contributed by atoms with E-state index in [2.05, 4.69) is 21.4 Å². The van der Waals surface area contributed by atoms with Crippen molar-refractivity contribution in [1.82, 2.24) is 14.5 Å². The fraction of sp³-hybridized carbons (Fsp3) is 0.421. The SMILES string of the molecule is Cc1cc(O)cc2c1c1cc(F)ncc1n2C(C)CN1CCOCC1. The number of phenolic OH excluding ortho intramolecular Hbond substituents is 1. The molecular formula is C19H22FN3O2. The number of aromatic nitrogens is 2. The maximum absolute atomic E-state index is 13.8. The standard InChI is InChI=1S/C19H22FN3O2/c1-12-7-14(24)8-16-19(12)15-9-18(20)21-10-17(15)23(16)13(2)11-22-3-5-25-6-4-22/h7-10,13,24H,3-6,11H2,1-2H3. The van der Waals surface area contributed by atoms with Crippen LogP contribution < -0.4 is 0 Å². The number of pyridine rings is 1. The largest absolute Gasteiger partial charge is 0.508 e. The van der Waals surface area contributed by atoms with E-state index in [1.807, 2.05) is 6.92 Å². The lowest BCUT2D eigenvalue weighted by molar-refractivity contribution is 0.0330. The molecule has 0 bridgehead atoms. The van der Waals surface area contributed by atoms with Crippen LogP contribution in [0, 0.1) is 12.9 Å². The number of morpholine rings is 1. The lowest BCUT2D eigenvalue weighted by Crippen LogP contribution is -2.39. The van der Waals surface area contributed by atoms with Crippen molar-refractivity contribution in [2.45, 2.75) is 19.9 Å². The van der Waals surface area contributed by atoms with E-state index < -0.39 is 5.95 Å². The molecule has 0 aliphatic carbocycles. The number of fused-ring (bicyclic) bond motifs is 3. The molecule has 1 aliphatic heterocycles. The Balaban J connectivity index is 1.88. The van der Waals surface area contributed by atoms with Crippen molar-refractivity contribution in [3.8, 4) is 5.75 Å². The van der Waals surface area contributed by atoms with E-state index in [9.17, 15) is 9.50 Å². The summed E-state index contributed by atoms with van der Waals surface area (Å²) in [5, 5.41) is 11.9. The maximum Gasteiger partial charge on any atom is 0.213 e. The van der Waals surface area contributed by atoms with Crippen molar-refractivity contribution in [2.75, 3.05) is 32.8 Å². The zero-order valence-corrected chi connectivity index (χ0v) is 14.5. The topological polar surface area (TPSA) is 50.5 Å². The van der Waals surface area contributed by atoms with E-state index in [0.29, 0.717) is 0 Å². The molecule has 5 nitrogen and oxygen atoms in total. The molecule has 25 heavy (non-hydrogen) atoms. The predicted octanol–water partition coefficient (Wildman–Crippen LogP) is 3.24. The molecule has 1 saturated heterocycles. The van der Waals surface area contributed by atoms with Gasteiger partial charge in [-0.3, -0.25) is 4.90 Å². The fourth-order valence-electron chi connectivity index (χ4n) is 3.95. The van der Waals surface area contributed by atoms with Gasteiger partial charge in [-0.2, -0.15) is 4.39 Å². The summed E-state index contributed by atoms with van der Waals surface area (Å²) in [6, 6.07) is 5.12. The van der Waals surface area contributed by atoms with Gasteiger partial charge < -0.3 is 14.4 Å². The van der Waals surface area contributed by atoms with E-state index in [0.717, 1.165) is 60.2 Å². The van der Waals surface area contributed by atoms with Crippen molar-refractivity contribution >= 4 is 21.8 Å². The Hall–Kier alpha value is -2.18. The molecule has 1 unspecified atom stereocenters. The minimum atomic E-state index is -0.486. The van der Waals surface area contributed by atoms with Crippen LogP contribution >= 0.6 is 0 Å². The van der Waals surface area contributed by atoms with Gasteiger partial charge in [0.25, 0.3) is 0 Å². The summed E-state index contributed by atoms with van der Waals surface area (Å²) in [6.07, 6.45) is 1.59. The van der Waals surface area contributed by atoms with Crippen molar-refractivity contribution in [3.05, 3.63) is 35.9 Å². The van der Waals surface area contributed by atoms with Crippen LogP contribution in [0.15, 0.2) is 24.4 Å². The molecule has 3 aromatic rings. The number of ether oxygens (including phenoxy) is 1. The van der Waals surface area contributed by atoms with Gasteiger partial charge in [0.1, 0.15) is 5.75 Å². The Kier molecular flexibility index (Phi) is 4.09. The number of aryl methyl sites for hydroxylation is 1. The quantitative estimate of drug-likeness (QED) is 0.742. The molecule has 0 saturated carbocycles. The summed E-state index contributed by atoms with van der Waals surface area (Å²) in [5.74, 6) is -0.263. The number of hydrogen-bond acceptors (Lipinski definition) is 4. The van der Waals surface area contributed by atoms with Crippen molar-refractivity contribution < 1.29 is 14.2 Å². The second-order valence-corrected chi connectivity index (χ2v) is 6.81. The van der Waals surface area contributed by atoms with Gasteiger partial charge in [-0.05, 0) is 25.5 Å². The van der Waals surface area contributed by atoms with Crippen LogP contribution in [0.1, 0.15) is 18.5 Å². The molecule has 0 radical (unpaired) electrons. The number of aromatic hydroxyl groups is 1. The summed E-state index contributed by atoms with van der Waals surface area (Å²) in [7, 11) is 0. The second-order valence-electron chi connectivity index (χ2n) is 6.81. The van der Waals surface area contributed by atoms with Gasteiger partial charge in [-0.25, -0.2) is 4.98 Å². The second kappa shape index (κ2) is 6.28. The van der Waals surface area contributed by atoms with Crippen LogP contribution in [-0.2, 0) is 4.74 Å². The number of phenols is 1. The van der Waals surface area contributed by atoms with Crippen LogP contribution in [0.2, 0.25) is 0 Å². The molecule has 0 spiro atoms. The van der Waals surface area contributed by atoms with E-state index in [4.69, 9.17) is 4.74 Å². The number of benzene rings is 1. The van der Waals surface area contributed by atoms with Crippen LogP contribution in [0.25, 0.3) is 21.8 Å². The van der Waals surface area contributed by atoms with Crippen molar-refractivity contribution in [1.29, 1.82) is 0 Å². The van der Waals surface area contributed by atoms with E-state index in [-0.39, 0.29) is 11.8 Å². The van der Waals surface area contributed by atoms with Gasteiger partial charge in [0.05, 0.1) is 30.4 Å². The van der Waals surface area contributed by atoms with E-state index in [1.165, 1.54) is 6.07 Å². The third-order valence-corrected chi connectivity index (χ3v) is 5.00. The predicted molar refractivity (Wildman–Crippen MR) is 95.6 cm³/mol. The van der Waals surface area contributed by atoms with Crippen molar-refractivity contribution in [2.24, 2.45) is 0 Å². The van der Waals surface area contributed by atoms with Gasteiger partial charge in [-0.15, -0.1) is 0 Å². The van der Waals surface area contributed by atoms with Gasteiger partial charge in [0.2, 0.25) is 5.95 Å². The molecule has 6 heteroatoms. The molecule has 4 rings (SSSR count). The zero-order chi connectivity index (χ0) is 17.6. The number of nitrogens with zero attached hydrogens (tertiary/aromatic N) is 3. The van der Waals surface area contributed by atoms with Crippen LogP contribution in [-0.4, -0.2) is 52.4 Å². The average molecular weight is 343 g/mol. The summed E-state index contributed by atoms with van der Waals surface area (Å²) in [4.78, 5) is 6.23. The zero-order valence-electron chi connectivity index (χ0n) is 14.5. The molecule has 2 aromatic heterocycles. The van der Waals surface area contributed by atoms with Gasteiger partial charge >= 0.3 is 0 Å². The molecule has 1 fully saturated rings. The molecule has 0 amide bonds. The first kappa shape index (κ1) is 16.3. The van der Waals surface area contributed by atoms with Gasteiger partial charge in [-0.1, -0.05) is 0 Å². The average Bonchev–Trinajstić information content (AvgIpc) is 2.89. The molecule has 1 aliphatic rings. The minimum Gasteiger partial charge on any atom is -0.508 e. The monoisotopic (exact) mass is 343 g/mol. The van der Waals surface area contributed by atoms with Crippen LogP contribution in [0.5, 0.6) is 5.75 Å². The summed E-state index contributed by atoms with van der Waals surface area (Å²) in [5.41, 5.74) is 2.74. The molecule has 132 valence electrons. The lowest BCUT2D eigenvalue weighted by atomic mass is 10.1. The summed E-state index contributed by atoms with van der Waals surface area (Å²) in [6.45, 7) is 8.30. The first-order valence-corrected chi connectivity index (χ1v) is 8.63. The molecule has 3 heterocycles. The number of halogens is 1. The Bertz CT molecular complexity index is 931. The van der Waals surface area contributed by atoms with E-state index in [1.54, 1.807) is 18.3 Å². The summed E-state index contributed by atoms with van der Waals surface area (Å²) < 4.78 is 21.4. The van der Waals surface area contributed by atoms with Gasteiger partial charge in [0.15, 0.2) is 0 Å². The maximum atomic E-state index is 13.8. The highest BCUT2D eigenvalue weighted by Crippen LogP contribution is 2.36. The molecule has 1 aromatic carbocycles. The molecule has 1 atom stereocenters. The van der Waals surface area contributed by atoms with Crippen LogP contribution in [0.3, 0.4) is 0 Å². The molecular weight excluding hydrogens is 321 g/mol. The highest BCUT2D eigenvalue weighted by atomic mass is 19.1. The first-order valence-electron chi connectivity index (χ1n) is 8.63. The normalized spacial score (nSPS) is 17.4. The molecule has 1 N–H and O–H groups in total. The van der Waals surface area contributed by atoms with Gasteiger partial charge in [0, 0.05) is 48.6 Å². The van der Waals surface area contributed by atoms with Crippen molar-refractivity contribution in [3.63, 3.8) is 0 Å². The number of hydrogen-bond donors (Lipinski definition) is 1. The fourth-order valence-corrected chi connectivity index (χ4v) is 3.95. The third-order valence-electron chi connectivity index (χ3n) is 5.00. The first-order chi connectivity index (χ1) is 12.0. The third kappa shape index (κ3) is 2.85.